The number of nitrogen functional groups attached to an aromatic ring is 2. The van der Waals surface area contributed by atoms with Gasteiger partial charge in [-0.3, -0.25) is 27.5 Å². The fourth-order valence-corrected chi connectivity index (χ4v) is 7.56. The van der Waals surface area contributed by atoms with E-state index in [1.54, 1.807) is 0 Å². The molecule has 2 aliphatic heterocycles. The molecular weight excluding hydrogens is 710 g/mol. The normalized spacial score (nSPS) is 27.5. The van der Waals surface area contributed by atoms with Gasteiger partial charge in [-0.15, -0.1) is 0 Å². The number of aromatic nitrogens is 8. The monoisotopic (exact) mass is 736 g/mol. The summed E-state index contributed by atoms with van der Waals surface area (Å²) in [7, 11) is 2.76. The van der Waals surface area contributed by atoms with E-state index < -0.39 is 80.8 Å². The first-order valence-corrected chi connectivity index (χ1v) is 18.7. The standard InChI is InChI=1S/C21H26N10O12P2S2/c1-28-10-14(22)24-5-26-16(10)30(20(28)34)18-7(32)3-9(41-18)42-45(38,47)43-13-12(33)8(4-39-44(36,37)46)40-19(13)31-17-11(29(2)21(31)35)15(23)25-6-27-17/h5-6,8-9,12-13,18-19,33H,3-4H2,1-2H3,(H,38,47)(H2,22,24,26)(H2,23,25,27)(H2,36,37,46)/t8-,9-,12-,13?,18-,19-,45?/m1/s1. The highest BCUT2D eigenvalue weighted by molar-refractivity contribution is 8.44. The van der Waals surface area contributed by atoms with Gasteiger partial charge in [0.2, 0.25) is 6.23 Å². The van der Waals surface area contributed by atoms with Gasteiger partial charge in [0.1, 0.15) is 42.0 Å². The number of aliphatic hydroxyl groups is 1. The van der Waals surface area contributed by atoms with Crippen molar-refractivity contribution < 1.29 is 47.0 Å². The topological polar surface area (TPSA) is 295 Å². The molecule has 0 bridgehead atoms. The van der Waals surface area contributed by atoms with Gasteiger partial charge in [-0.1, -0.05) is 24.5 Å². The Hall–Kier alpha value is -3.15. The van der Waals surface area contributed by atoms with Crippen molar-refractivity contribution in [3.05, 3.63) is 33.6 Å². The van der Waals surface area contributed by atoms with E-state index in [0.717, 1.165) is 30.9 Å². The molecule has 0 aliphatic carbocycles. The summed E-state index contributed by atoms with van der Waals surface area (Å²) in [5.74, 6) is -0.749. The third kappa shape index (κ3) is 6.04. The first-order chi connectivity index (χ1) is 22.0. The zero-order valence-electron chi connectivity index (χ0n) is 24.0. The van der Waals surface area contributed by atoms with Gasteiger partial charge in [0, 0.05) is 14.1 Å². The summed E-state index contributed by atoms with van der Waals surface area (Å²) in [6.45, 7) is -9.73. The lowest BCUT2D eigenvalue weighted by atomic mass is 10.1. The highest BCUT2D eigenvalue weighted by atomic mass is 32.7. The minimum absolute atomic E-state index is 0.00440. The summed E-state index contributed by atoms with van der Waals surface area (Å²) in [5.41, 5.74) is 10.5. The fraction of sp³-hybridized carbons (Fsp3) is 0.476. The number of carbonyl (C=O) groups excluding carboxylic acids is 1. The quantitative estimate of drug-likeness (QED) is 0.0887. The number of nitrogens with zero attached hydrogens (tertiary/aromatic N) is 8. The number of aliphatic hydroxyl groups excluding tert-OH is 1. The van der Waals surface area contributed by atoms with Crippen LogP contribution >= 0.6 is 38.1 Å². The van der Waals surface area contributed by atoms with Crippen molar-refractivity contribution in [1.82, 2.24) is 38.2 Å². The van der Waals surface area contributed by atoms with Gasteiger partial charge in [-0.2, -0.15) is 0 Å². The molecule has 2 fully saturated rings. The molecule has 47 heavy (non-hydrogen) atoms. The zero-order chi connectivity index (χ0) is 34.2. The molecule has 6 rings (SSSR count). The SMILES string of the molecule is Cn1c(=O)n([C@@H]2O[C@H](OP(=O)(S)OC3[C@H](n4c(=O)n(C)c5c(N)ncnc54)O[C@H](COP(=O)(O)S)[C@H]3O)CC2=O)c2ncnc(N)c21. The van der Waals surface area contributed by atoms with E-state index in [4.69, 9.17) is 34.5 Å². The molecule has 2 saturated heterocycles. The largest absolute Gasteiger partial charge is 0.388 e. The molecule has 0 aromatic carbocycles. The average molecular weight is 737 g/mol. The number of carbonyl (C=O) groups is 1. The van der Waals surface area contributed by atoms with Crippen LogP contribution < -0.4 is 22.8 Å². The predicted octanol–water partition coefficient (Wildman–Crippen LogP) is -1.00. The van der Waals surface area contributed by atoms with E-state index in [0.29, 0.717) is 0 Å². The van der Waals surface area contributed by atoms with E-state index in [1.165, 1.54) is 14.1 Å². The van der Waals surface area contributed by atoms with E-state index >= 15 is 0 Å². The van der Waals surface area contributed by atoms with Crippen LogP contribution in [0.5, 0.6) is 0 Å². The van der Waals surface area contributed by atoms with E-state index in [-0.39, 0.29) is 34.0 Å². The maximum atomic E-state index is 13.6. The lowest BCUT2D eigenvalue weighted by Crippen LogP contribution is -2.37. The molecule has 0 spiro atoms. The number of thiol groups is 2. The number of ketones is 1. The summed E-state index contributed by atoms with van der Waals surface area (Å²) in [6.07, 6.45) is -8.10. The zero-order valence-corrected chi connectivity index (χ0v) is 27.6. The van der Waals surface area contributed by atoms with Crippen molar-refractivity contribution in [1.29, 1.82) is 0 Å². The van der Waals surface area contributed by atoms with Gasteiger partial charge in [-0.05, 0) is 0 Å². The average Bonchev–Trinajstić information content (AvgIpc) is 3.64. The van der Waals surface area contributed by atoms with Gasteiger partial charge in [0.15, 0.2) is 41.2 Å². The summed E-state index contributed by atoms with van der Waals surface area (Å²) < 4.78 is 56.7. The Morgan fingerprint density at radius 1 is 0.936 bits per heavy atom. The van der Waals surface area contributed by atoms with E-state index in [2.05, 4.69) is 44.4 Å². The van der Waals surface area contributed by atoms with Gasteiger partial charge in [0.25, 0.3) is 0 Å². The van der Waals surface area contributed by atoms with Crippen LogP contribution in [-0.2, 0) is 51.1 Å². The molecule has 4 aromatic rings. The van der Waals surface area contributed by atoms with Crippen LogP contribution in [0.2, 0.25) is 0 Å². The summed E-state index contributed by atoms with van der Waals surface area (Å²) >= 11 is 7.43. The predicted molar refractivity (Wildman–Crippen MR) is 165 cm³/mol. The van der Waals surface area contributed by atoms with Crippen molar-refractivity contribution in [3.63, 3.8) is 0 Å². The van der Waals surface area contributed by atoms with Gasteiger partial charge in [0.05, 0.1) is 13.0 Å². The van der Waals surface area contributed by atoms with E-state index in [9.17, 15) is 33.5 Å². The molecule has 0 radical (unpaired) electrons. The molecule has 4 aromatic heterocycles. The van der Waals surface area contributed by atoms with Crippen molar-refractivity contribution in [3.8, 4) is 0 Å². The Kier molecular flexibility index (Phi) is 8.67. The van der Waals surface area contributed by atoms with Crippen LogP contribution in [0.1, 0.15) is 18.9 Å². The summed E-state index contributed by atoms with van der Waals surface area (Å²) in [5, 5.41) is 11.1. The molecule has 6 N–H and O–H groups in total. The van der Waals surface area contributed by atoms with Crippen LogP contribution in [0.25, 0.3) is 22.3 Å². The third-order valence-corrected chi connectivity index (χ3v) is 9.82. The number of hydrogen-bond acceptors (Lipinski definition) is 17. The summed E-state index contributed by atoms with van der Waals surface area (Å²) in [6, 6.07) is 0. The molecule has 0 saturated carbocycles. The molecular formula is C21H26N10O12P2S2. The Labute approximate surface area is 271 Å². The molecule has 254 valence electrons. The number of Topliss-reactive ketones (excluding diaryl/α,β-unsaturated/α-hetero) is 1. The number of fused-ring (bicyclic) bond motifs is 2. The highest BCUT2D eigenvalue weighted by Crippen LogP contribution is 2.59. The van der Waals surface area contributed by atoms with Crippen molar-refractivity contribution in [2.45, 2.75) is 43.5 Å². The molecule has 22 nitrogen and oxygen atoms in total. The maximum absolute atomic E-state index is 13.6. The Bertz CT molecular complexity index is 2130. The molecule has 2 aliphatic rings. The number of aryl methyl sites for hydroxylation is 2. The number of anilines is 2. The fourth-order valence-electron chi connectivity index (χ4n) is 5.37. The number of rotatable bonds is 9. The van der Waals surface area contributed by atoms with Crippen molar-refractivity contribution in [2.75, 3.05) is 18.1 Å². The van der Waals surface area contributed by atoms with Crippen LogP contribution in [-0.4, -0.2) is 85.2 Å². The van der Waals surface area contributed by atoms with Gasteiger partial charge < -0.3 is 30.9 Å². The second-order valence-corrected chi connectivity index (χ2v) is 15.9. The number of hydrogen-bond donors (Lipinski definition) is 6. The van der Waals surface area contributed by atoms with Crippen molar-refractivity contribution in [2.24, 2.45) is 14.1 Å². The molecule has 6 heterocycles. The Balaban J connectivity index is 1.29. The maximum Gasteiger partial charge on any atom is 0.388 e. The third-order valence-electron chi connectivity index (χ3n) is 7.41. The van der Waals surface area contributed by atoms with Gasteiger partial charge >= 0.3 is 25.0 Å². The molecule has 26 heteroatoms. The van der Waals surface area contributed by atoms with Crippen LogP contribution in [0, 0.1) is 0 Å². The Morgan fingerprint density at radius 3 is 2.06 bits per heavy atom. The second-order valence-electron chi connectivity index (χ2n) is 10.4. The van der Waals surface area contributed by atoms with Crippen LogP contribution in [0.4, 0.5) is 11.6 Å². The molecule has 8 atom stereocenters. The number of imidazole rings is 2. The molecule has 0 amide bonds. The number of ether oxygens (including phenoxy) is 2. The van der Waals surface area contributed by atoms with E-state index in [1.807, 2.05) is 0 Å². The minimum atomic E-state index is -4.65. The lowest BCUT2D eigenvalue weighted by Gasteiger charge is -2.25. The minimum Gasteiger partial charge on any atom is -0.387 e. The molecule has 3 unspecified atom stereocenters. The first-order valence-electron chi connectivity index (χ1n) is 13.2. The second kappa shape index (κ2) is 12.1. The van der Waals surface area contributed by atoms with Crippen LogP contribution in [0.15, 0.2) is 22.2 Å². The van der Waals surface area contributed by atoms with Gasteiger partial charge in [-0.25, -0.2) is 47.8 Å². The Morgan fingerprint density at radius 2 is 1.49 bits per heavy atom. The summed E-state index contributed by atoms with van der Waals surface area (Å²) in [4.78, 5) is 64.6. The number of nitrogens with two attached hydrogens (primary N) is 2. The first kappa shape index (κ1) is 33.7. The smallest absolute Gasteiger partial charge is 0.387 e. The lowest BCUT2D eigenvalue weighted by molar-refractivity contribution is -0.133. The van der Waals surface area contributed by atoms with Crippen LogP contribution in [0.3, 0.4) is 0 Å². The van der Waals surface area contributed by atoms with Crippen molar-refractivity contribution >= 4 is 77.8 Å². The highest BCUT2D eigenvalue weighted by Gasteiger charge is 2.51.